The quantitative estimate of drug-likeness (QED) is 0.245. The number of aromatic nitrogens is 2. The summed E-state index contributed by atoms with van der Waals surface area (Å²) in [5, 5.41) is 17.2. The molecule has 1 aliphatic rings. The first-order valence-electron chi connectivity index (χ1n) is 11.5. The molecule has 1 aromatic heterocycles. The first kappa shape index (κ1) is 26.5. The number of hydrogen-bond donors (Lipinski definition) is 1. The van der Waals surface area contributed by atoms with E-state index in [0.717, 1.165) is 21.4 Å². The molecule has 0 unspecified atom stereocenters. The van der Waals surface area contributed by atoms with Crippen LogP contribution in [0.1, 0.15) is 53.3 Å². The Morgan fingerprint density at radius 3 is 2.54 bits per heavy atom. The van der Waals surface area contributed by atoms with Gasteiger partial charge >= 0.3 is 6.18 Å². The summed E-state index contributed by atoms with van der Waals surface area (Å²) in [4.78, 5) is 23.5. The van der Waals surface area contributed by atoms with Crippen molar-refractivity contribution in [1.82, 2.24) is 9.78 Å². The SMILES string of the molecule is Cc1cc(C)c(C)c(Oc2cc(NC(=O)CCn3nc(C(F)(F)F)c(Cl)c3C3CC3)cc([N+](=O)[O-])c2)c1. The van der Waals surface area contributed by atoms with E-state index in [2.05, 4.69) is 10.4 Å². The summed E-state index contributed by atoms with van der Waals surface area (Å²) in [5.41, 5.74) is 1.75. The molecule has 0 bridgehead atoms. The van der Waals surface area contributed by atoms with Crippen molar-refractivity contribution in [3.63, 3.8) is 0 Å². The van der Waals surface area contributed by atoms with Crippen molar-refractivity contribution in [3.05, 3.63) is 73.5 Å². The third kappa shape index (κ3) is 6.04. The Bertz CT molecular complexity index is 1380. The Kier molecular flexibility index (Phi) is 7.18. The molecule has 1 saturated carbocycles. The van der Waals surface area contributed by atoms with Crippen LogP contribution >= 0.6 is 11.6 Å². The first-order valence-corrected chi connectivity index (χ1v) is 11.9. The van der Waals surface area contributed by atoms with Crippen molar-refractivity contribution in [1.29, 1.82) is 0 Å². The number of anilines is 1. The molecule has 8 nitrogen and oxygen atoms in total. The van der Waals surface area contributed by atoms with Gasteiger partial charge in [-0.2, -0.15) is 18.3 Å². The number of nitrogens with zero attached hydrogens (tertiary/aromatic N) is 3. The van der Waals surface area contributed by atoms with Crippen LogP contribution in [0.2, 0.25) is 5.02 Å². The predicted molar refractivity (Wildman–Crippen MR) is 131 cm³/mol. The molecule has 0 atom stereocenters. The normalized spacial score (nSPS) is 13.5. The van der Waals surface area contributed by atoms with Gasteiger partial charge in [0.1, 0.15) is 11.5 Å². The first-order chi connectivity index (χ1) is 17.3. The van der Waals surface area contributed by atoms with Crippen LogP contribution in [-0.4, -0.2) is 20.6 Å². The number of carbonyl (C=O) groups is 1. The highest BCUT2D eigenvalue weighted by Gasteiger charge is 2.42. The molecule has 196 valence electrons. The van der Waals surface area contributed by atoms with Crippen molar-refractivity contribution >= 4 is 28.9 Å². The number of alkyl halides is 3. The average Bonchev–Trinajstić information content (AvgIpc) is 3.57. The standard InChI is InChI=1S/C25H24ClF3N4O4/c1-13-8-14(2)15(3)20(9-13)37-19-11-17(10-18(12-19)33(35)36)30-21(34)6-7-32-23(16-4-5-16)22(26)24(31-32)25(27,28)29/h8-12,16H,4-7H2,1-3H3,(H,30,34). The summed E-state index contributed by atoms with van der Waals surface area (Å²) in [7, 11) is 0. The smallest absolute Gasteiger partial charge is 0.436 e. The molecule has 1 aliphatic carbocycles. The Balaban J connectivity index is 1.52. The van der Waals surface area contributed by atoms with E-state index in [-0.39, 0.29) is 41.7 Å². The highest BCUT2D eigenvalue weighted by molar-refractivity contribution is 6.32. The number of carbonyl (C=O) groups excluding carboxylic acids is 1. The van der Waals surface area contributed by atoms with Crippen molar-refractivity contribution in [2.24, 2.45) is 0 Å². The Hall–Kier alpha value is -3.60. The molecule has 4 rings (SSSR count). The maximum atomic E-state index is 13.3. The maximum absolute atomic E-state index is 13.3. The second-order valence-corrected chi connectivity index (χ2v) is 9.50. The number of ether oxygens (including phenoxy) is 1. The fourth-order valence-electron chi connectivity index (χ4n) is 4.04. The number of amides is 1. The Morgan fingerprint density at radius 1 is 1.22 bits per heavy atom. The zero-order valence-electron chi connectivity index (χ0n) is 20.3. The molecule has 12 heteroatoms. The van der Waals surface area contributed by atoms with Gasteiger partial charge in [0, 0.05) is 24.5 Å². The van der Waals surface area contributed by atoms with Crippen molar-refractivity contribution in [3.8, 4) is 11.5 Å². The van der Waals surface area contributed by atoms with Gasteiger partial charge in [0.2, 0.25) is 5.91 Å². The topological polar surface area (TPSA) is 99.3 Å². The second-order valence-electron chi connectivity index (χ2n) is 9.12. The molecule has 1 fully saturated rings. The number of nitrogens with one attached hydrogen (secondary N) is 1. The van der Waals surface area contributed by atoms with Crippen LogP contribution in [0.25, 0.3) is 0 Å². The summed E-state index contributed by atoms with van der Waals surface area (Å²) < 4.78 is 46.9. The van der Waals surface area contributed by atoms with E-state index in [1.54, 1.807) is 6.07 Å². The lowest BCUT2D eigenvalue weighted by molar-refractivity contribution is -0.384. The van der Waals surface area contributed by atoms with Gasteiger partial charge in [0.15, 0.2) is 5.69 Å². The molecule has 0 radical (unpaired) electrons. The van der Waals surface area contributed by atoms with E-state index in [9.17, 15) is 28.1 Å². The zero-order chi connectivity index (χ0) is 27.1. The lowest BCUT2D eigenvalue weighted by atomic mass is 10.1. The van der Waals surface area contributed by atoms with E-state index in [1.165, 1.54) is 18.2 Å². The number of benzene rings is 2. The Labute approximate surface area is 215 Å². The van der Waals surface area contributed by atoms with Crippen molar-refractivity contribution in [2.45, 2.75) is 58.7 Å². The van der Waals surface area contributed by atoms with E-state index in [4.69, 9.17) is 16.3 Å². The fourth-order valence-corrected chi connectivity index (χ4v) is 4.43. The van der Waals surface area contributed by atoms with Gasteiger partial charge in [0.05, 0.1) is 33.9 Å². The minimum absolute atomic E-state index is 0.119. The van der Waals surface area contributed by atoms with Crippen molar-refractivity contribution in [2.75, 3.05) is 5.32 Å². The van der Waals surface area contributed by atoms with Gasteiger partial charge in [0.25, 0.3) is 5.69 Å². The average molecular weight is 537 g/mol. The van der Waals surface area contributed by atoms with Gasteiger partial charge in [-0.1, -0.05) is 17.7 Å². The summed E-state index contributed by atoms with van der Waals surface area (Å²) in [5.74, 6) is 0.00141. The van der Waals surface area contributed by atoms with Gasteiger partial charge < -0.3 is 10.1 Å². The van der Waals surface area contributed by atoms with E-state index >= 15 is 0 Å². The molecule has 37 heavy (non-hydrogen) atoms. The van der Waals surface area contributed by atoms with Crippen LogP contribution in [0.5, 0.6) is 11.5 Å². The number of non-ortho nitro benzene ring substituents is 1. The van der Waals surface area contributed by atoms with Crippen LogP contribution < -0.4 is 10.1 Å². The number of rotatable bonds is 8. The zero-order valence-corrected chi connectivity index (χ0v) is 21.0. The summed E-state index contributed by atoms with van der Waals surface area (Å²) in [6, 6.07) is 7.67. The molecular formula is C25H24ClF3N4O4. The van der Waals surface area contributed by atoms with Crippen LogP contribution in [0.3, 0.4) is 0 Å². The molecule has 1 N–H and O–H groups in total. The molecule has 2 aromatic carbocycles. The lowest BCUT2D eigenvalue weighted by Gasteiger charge is -2.13. The number of nitro benzene ring substituents is 1. The van der Waals surface area contributed by atoms with Crippen LogP contribution in [-0.2, 0) is 17.5 Å². The molecule has 1 heterocycles. The highest BCUT2D eigenvalue weighted by atomic mass is 35.5. The maximum Gasteiger partial charge on any atom is 0.436 e. The molecule has 0 aliphatic heterocycles. The van der Waals surface area contributed by atoms with Crippen LogP contribution in [0.4, 0.5) is 24.5 Å². The Morgan fingerprint density at radius 2 is 1.92 bits per heavy atom. The van der Waals surface area contributed by atoms with E-state index in [1.807, 2.05) is 26.8 Å². The number of hydrogen-bond acceptors (Lipinski definition) is 5. The number of halogens is 4. The monoisotopic (exact) mass is 536 g/mol. The predicted octanol–water partition coefficient (Wildman–Crippen LogP) is 7.09. The molecule has 0 spiro atoms. The van der Waals surface area contributed by atoms with Crippen LogP contribution in [0, 0.1) is 30.9 Å². The van der Waals surface area contributed by atoms with E-state index in [0.29, 0.717) is 18.6 Å². The minimum Gasteiger partial charge on any atom is -0.457 e. The van der Waals surface area contributed by atoms with Gasteiger partial charge in [-0.15, -0.1) is 0 Å². The third-order valence-corrected chi connectivity index (χ3v) is 6.47. The van der Waals surface area contributed by atoms with Gasteiger partial charge in [-0.25, -0.2) is 0 Å². The van der Waals surface area contributed by atoms with E-state index < -0.39 is 27.7 Å². The van der Waals surface area contributed by atoms with Crippen molar-refractivity contribution < 1.29 is 27.6 Å². The largest absolute Gasteiger partial charge is 0.457 e. The van der Waals surface area contributed by atoms with Crippen LogP contribution in [0.15, 0.2) is 30.3 Å². The second kappa shape index (κ2) is 10.0. The number of aryl methyl sites for hydroxylation is 3. The molecule has 1 amide bonds. The van der Waals surface area contributed by atoms with Gasteiger partial charge in [-0.3, -0.25) is 19.6 Å². The summed E-state index contributed by atoms with van der Waals surface area (Å²) in [6.07, 6.45) is -3.53. The fraction of sp³-hybridized carbons (Fsp3) is 0.360. The molecular weight excluding hydrogens is 513 g/mol. The summed E-state index contributed by atoms with van der Waals surface area (Å²) in [6.45, 7) is 5.56. The third-order valence-electron chi connectivity index (χ3n) is 6.09. The minimum atomic E-state index is -4.71. The highest BCUT2D eigenvalue weighted by Crippen LogP contribution is 2.47. The molecule has 3 aromatic rings. The lowest BCUT2D eigenvalue weighted by Crippen LogP contribution is -2.16. The van der Waals surface area contributed by atoms with Gasteiger partial charge in [-0.05, 0) is 56.4 Å². The molecule has 0 saturated heterocycles. The summed E-state index contributed by atoms with van der Waals surface area (Å²) >= 11 is 5.97. The number of nitro groups is 1.